The molecule has 1 heterocycles. The summed E-state index contributed by atoms with van der Waals surface area (Å²) < 4.78 is 0. The van der Waals surface area contributed by atoms with Gasteiger partial charge in [-0.05, 0) is 24.5 Å². The van der Waals surface area contributed by atoms with Crippen LogP contribution >= 0.6 is 11.8 Å². The van der Waals surface area contributed by atoms with E-state index in [1.54, 1.807) is 12.3 Å². The van der Waals surface area contributed by atoms with Crippen molar-refractivity contribution in [2.45, 2.75) is 5.16 Å². The summed E-state index contributed by atoms with van der Waals surface area (Å²) in [5, 5.41) is 27.9. The van der Waals surface area contributed by atoms with E-state index in [0.29, 0.717) is 5.16 Å². The lowest BCUT2D eigenvalue weighted by Crippen LogP contribution is -2.14. The van der Waals surface area contributed by atoms with E-state index in [0.717, 1.165) is 0 Å². The lowest BCUT2D eigenvalue weighted by molar-refractivity contribution is 0.0694. The van der Waals surface area contributed by atoms with Crippen LogP contribution < -0.4 is 5.56 Å². The Morgan fingerprint density at radius 3 is 2.76 bits per heavy atom. The summed E-state index contributed by atoms with van der Waals surface area (Å²) >= 11 is 1.18. The minimum Gasteiger partial charge on any atom is -0.507 e. The molecule has 0 aliphatic rings. The van der Waals surface area contributed by atoms with Gasteiger partial charge in [0.2, 0.25) is 0 Å². The Hall–Kier alpha value is -2.79. The van der Waals surface area contributed by atoms with Gasteiger partial charge in [-0.15, -0.1) is 0 Å². The molecular weight excluding hydrogens is 294 g/mol. The first kappa shape index (κ1) is 14.6. The van der Waals surface area contributed by atoms with Gasteiger partial charge >= 0.3 is 5.97 Å². The zero-order chi connectivity index (χ0) is 15.6. The summed E-state index contributed by atoms with van der Waals surface area (Å²) in [7, 11) is 0. The number of hydrogen-bond acceptors (Lipinski definition) is 6. The van der Waals surface area contributed by atoms with Gasteiger partial charge in [-0.25, -0.2) is 9.78 Å². The van der Waals surface area contributed by atoms with Gasteiger partial charge in [-0.1, -0.05) is 11.8 Å². The number of H-pyrrole nitrogens is 1. The van der Waals surface area contributed by atoms with Crippen LogP contribution in [0.1, 0.15) is 15.9 Å². The van der Waals surface area contributed by atoms with Crippen molar-refractivity contribution in [3.63, 3.8) is 0 Å². The normalized spacial score (nSPS) is 10.1. The second-order valence-electron chi connectivity index (χ2n) is 3.95. The number of aromatic carboxylic acids is 1. The molecule has 2 rings (SSSR count). The van der Waals surface area contributed by atoms with E-state index in [-0.39, 0.29) is 22.4 Å². The number of thioether (sulfide) groups is 1. The predicted molar refractivity (Wildman–Crippen MR) is 75.4 cm³/mol. The molecule has 3 N–H and O–H groups in total. The topological polar surface area (TPSA) is 127 Å². The Bertz CT molecular complexity index is 823. The number of hydrogen-bond donors (Lipinski definition) is 3. The second kappa shape index (κ2) is 5.68. The van der Waals surface area contributed by atoms with E-state index >= 15 is 0 Å². The Balaban J connectivity index is 2.75. The van der Waals surface area contributed by atoms with E-state index < -0.39 is 17.3 Å². The van der Waals surface area contributed by atoms with Crippen molar-refractivity contribution in [2.24, 2.45) is 0 Å². The highest BCUT2D eigenvalue weighted by atomic mass is 32.2. The first-order valence-corrected chi connectivity index (χ1v) is 6.85. The Labute approximate surface area is 122 Å². The van der Waals surface area contributed by atoms with Crippen molar-refractivity contribution in [1.29, 1.82) is 5.26 Å². The molecule has 106 valence electrons. The van der Waals surface area contributed by atoms with Crippen LogP contribution in [-0.2, 0) is 0 Å². The highest BCUT2D eigenvalue weighted by Gasteiger charge is 2.16. The van der Waals surface area contributed by atoms with Crippen molar-refractivity contribution in [1.82, 2.24) is 9.97 Å². The molecule has 0 saturated heterocycles. The molecule has 2 aromatic rings. The third-order valence-electron chi connectivity index (χ3n) is 2.70. The summed E-state index contributed by atoms with van der Waals surface area (Å²) in [6.45, 7) is 0. The first-order chi connectivity index (χ1) is 9.97. The molecule has 0 amide bonds. The largest absolute Gasteiger partial charge is 0.507 e. The van der Waals surface area contributed by atoms with Gasteiger partial charge in [0.15, 0.2) is 5.16 Å². The quantitative estimate of drug-likeness (QED) is 0.578. The molecule has 0 atom stereocenters. The fraction of sp³-hybridized carbons (Fsp3) is 0.0769. The second-order valence-corrected chi connectivity index (χ2v) is 4.74. The number of phenols is 1. The smallest absolute Gasteiger partial charge is 0.339 e. The van der Waals surface area contributed by atoms with Gasteiger partial charge in [-0.3, -0.25) is 4.79 Å². The van der Waals surface area contributed by atoms with E-state index in [1.165, 1.54) is 30.0 Å². The van der Waals surface area contributed by atoms with Crippen LogP contribution in [0.2, 0.25) is 0 Å². The van der Waals surface area contributed by atoms with Crippen LogP contribution in [0.4, 0.5) is 0 Å². The van der Waals surface area contributed by atoms with Gasteiger partial charge in [0.05, 0.1) is 5.69 Å². The molecule has 0 aliphatic carbocycles. The average molecular weight is 303 g/mol. The highest BCUT2D eigenvalue weighted by molar-refractivity contribution is 7.98. The van der Waals surface area contributed by atoms with Crippen LogP contribution in [0.15, 0.2) is 28.2 Å². The van der Waals surface area contributed by atoms with Crippen molar-refractivity contribution in [3.05, 3.63) is 39.7 Å². The van der Waals surface area contributed by atoms with Gasteiger partial charge in [0.1, 0.15) is 22.9 Å². The fourth-order valence-electron chi connectivity index (χ4n) is 1.72. The molecule has 21 heavy (non-hydrogen) atoms. The predicted octanol–water partition coefficient (Wildman–Crippen LogP) is 1.43. The van der Waals surface area contributed by atoms with Gasteiger partial charge in [0, 0.05) is 5.56 Å². The maximum Gasteiger partial charge on any atom is 0.339 e. The lowest BCUT2D eigenvalue weighted by atomic mass is 10.0. The Morgan fingerprint density at radius 2 is 2.19 bits per heavy atom. The number of rotatable bonds is 3. The highest BCUT2D eigenvalue weighted by Crippen LogP contribution is 2.26. The van der Waals surface area contributed by atoms with Crippen LogP contribution in [0.3, 0.4) is 0 Å². The molecule has 0 spiro atoms. The Morgan fingerprint density at radius 1 is 1.48 bits per heavy atom. The summed E-state index contributed by atoms with van der Waals surface area (Å²) in [6.07, 6.45) is 1.70. The number of nitrogens with zero attached hydrogens (tertiary/aromatic N) is 2. The van der Waals surface area contributed by atoms with E-state index in [9.17, 15) is 14.7 Å². The molecule has 1 aromatic carbocycles. The van der Waals surface area contributed by atoms with E-state index in [4.69, 9.17) is 10.4 Å². The molecule has 1 aromatic heterocycles. The number of carbonyl (C=O) groups is 1. The molecule has 0 saturated carbocycles. The molecule has 7 nitrogen and oxygen atoms in total. The van der Waals surface area contributed by atoms with Crippen molar-refractivity contribution in [2.75, 3.05) is 6.26 Å². The maximum atomic E-state index is 11.8. The molecule has 0 radical (unpaired) electrons. The summed E-state index contributed by atoms with van der Waals surface area (Å²) in [4.78, 5) is 29.4. The van der Waals surface area contributed by atoms with Gasteiger partial charge < -0.3 is 15.2 Å². The molecule has 0 fully saturated rings. The SMILES string of the molecule is CSc1nc(-c2ccc(O)c(C(=O)O)c2)c(C#N)c(=O)[nH]1. The number of aromatic nitrogens is 2. The third kappa shape index (κ3) is 2.73. The number of carboxylic acids is 1. The average Bonchev–Trinajstić information content (AvgIpc) is 2.46. The summed E-state index contributed by atoms with van der Waals surface area (Å²) in [5.41, 5.74) is -0.799. The number of benzene rings is 1. The molecule has 0 bridgehead atoms. The molecule has 0 aliphatic heterocycles. The first-order valence-electron chi connectivity index (χ1n) is 5.63. The lowest BCUT2D eigenvalue weighted by Gasteiger charge is -2.07. The maximum absolute atomic E-state index is 11.8. The minimum atomic E-state index is -1.32. The van der Waals surface area contributed by atoms with Crippen molar-refractivity contribution < 1.29 is 15.0 Å². The van der Waals surface area contributed by atoms with Crippen molar-refractivity contribution in [3.8, 4) is 23.1 Å². The molecule has 8 heteroatoms. The van der Waals surface area contributed by atoms with Crippen LogP contribution in [0.5, 0.6) is 5.75 Å². The summed E-state index contributed by atoms with van der Waals surface area (Å²) in [5.74, 6) is -1.72. The van der Waals surface area contributed by atoms with Crippen LogP contribution in [0.25, 0.3) is 11.3 Å². The van der Waals surface area contributed by atoms with E-state index in [2.05, 4.69) is 9.97 Å². The zero-order valence-electron chi connectivity index (χ0n) is 10.7. The van der Waals surface area contributed by atoms with Crippen LogP contribution in [-0.4, -0.2) is 32.4 Å². The monoisotopic (exact) mass is 303 g/mol. The number of nitriles is 1. The van der Waals surface area contributed by atoms with E-state index in [1.807, 2.05) is 0 Å². The number of aromatic hydroxyl groups is 1. The molecular formula is C13H9N3O4S. The van der Waals surface area contributed by atoms with Crippen molar-refractivity contribution >= 4 is 17.7 Å². The Kier molecular flexibility index (Phi) is 3.95. The zero-order valence-corrected chi connectivity index (χ0v) is 11.6. The van der Waals surface area contributed by atoms with Gasteiger partial charge in [0.25, 0.3) is 5.56 Å². The van der Waals surface area contributed by atoms with Gasteiger partial charge in [-0.2, -0.15) is 5.26 Å². The molecule has 0 unspecified atom stereocenters. The number of nitrogens with one attached hydrogen (secondary N) is 1. The summed E-state index contributed by atoms with van der Waals surface area (Å²) in [6, 6.07) is 5.50. The fourth-order valence-corrected chi connectivity index (χ4v) is 2.09. The standard InChI is InChI=1S/C13H9N3O4S/c1-21-13-15-10(8(5-14)11(18)16-13)6-2-3-9(17)7(4-6)12(19)20/h2-4,17H,1H3,(H,19,20)(H,15,16,18). The minimum absolute atomic E-state index is 0.0769. The van der Waals surface area contributed by atoms with Crippen LogP contribution in [0, 0.1) is 11.3 Å². The third-order valence-corrected chi connectivity index (χ3v) is 3.28. The number of carboxylic acid groups (broad SMARTS) is 1. The number of aromatic amines is 1.